The Bertz CT molecular complexity index is 700. The van der Waals surface area contributed by atoms with Crippen molar-refractivity contribution in [3.8, 4) is 0 Å². The standard InChI is InChI=1S/C19H28N2O/c1-6-7-8-17-14(4)16-10-9-15(12-21(5)13(2)3)11-18(16)20-19(17)22/h9-11,13H,6-8,12H2,1-5H3,(H,20,22). The zero-order valence-electron chi connectivity index (χ0n) is 14.5. The largest absolute Gasteiger partial charge is 0.322 e. The van der Waals surface area contributed by atoms with E-state index in [1.807, 2.05) is 0 Å². The molecule has 0 aliphatic carbocycles. The van der Waals surface area contributed by atoms with Crippen molar-refractivity contribution in [1.29, 1.82) is 0 Å². The lowest BCUT2D eigenvalue weighted by Crippen LogP contribution is -2.25. The number of aromatic amines is 1. The van der Waals surface area contributed by atoms with Crippen LogP contribution in [0.25, 0.3) is 10.9 Å². The number of unbranched alkanes of at least 4 members (excludes halogenated alkanes) is 1. The van der Waals surface area contributed by atoms with Gasteiger partial charge in [-0.25, -0.2) is 0 Å². The number of H-pyrrole nitrogens is 1. The van der Waals surface area contributed by atoms with Gasteiger partial charge >= 0.3 is 0 Å². The van der Waals surface area contributed by atoms with Crippen LogP contribution in [0.1, 0.15) is 50.3 Å². The number of rotatable bonds is 6. The lowest BCUT2D eigenvalue weighted by atomic mass is 9.99. The molecule has 120 valence electrons. The van der Waals surface area contributed by atoms with Crippen molar-refractivity contribution in [3.63, 3.8) is 0 Å². The minimum atomic E-state index is 0.0767. The van der Waals surface area contributed by atoms with Gasteiger partial charge in [-0.05, 0) is 57.9 Å². The molecule has 0 bridgehead atoms. The van der Waals surface area contributed by atoms with Crippen LogP contribution in [0, 0.1) is 6.92 Å². The Morgan fingerprint density at radius 2 is 2.00 bits per heavy atom. The highest BCUT2D eigenvalue weighted by Gasteiger charge is 2.10. The van der Waals surface area contributed by atoms with Crippen molar-refractivity contribution >= 4 is 10.9 Å². The third kappa shape index (κ3) is 3.58. The van der Waals surface area contributed by atoms with Crippen molar-refractivity contribution in [3.05, 3.63) is 45.2 Å². The average molecular weight is 300 g/mol. The van der Waals surface area contributed by atoms with Crippen LogP contribution in [-0.2, 0) is 13.0 Å². The predicted octanol–water partition coefficient (Wildman–Crippen LogP) is 4.02. The molecule has 3 heteroatoms. The first kappa shape index (κ1) is 16.8. The van der Waals surface area contributed by atoms with Crippen molar-refractivity contribution in [2.45, 2.75) is 59.5 Å². The van der Waals surface area contributed by atoms with Crippen molar-refractivity contribution in [2.24, 2.45) is 0 Å². The normalized spacial score (nSPS) is 11.8. The van der Waals surface area contributed by atoms with Crippen LogP contribution in [0.2, 0.25) is 0 Å². The van der Waals surface area contributed by atoms with Crippen molar-refractivity contribution in [1.82, 2.24) is 9.88 Å². The van der Waals surface area contributed by atoms with Gasteiger partial charge in [0, 0.05) is 29.1 Å². The van der Waals surface area contributed by atoms with Gasteiger partial charge in [0.1, 0.15) is 0 Å². The molecular weight excluding hydrogens is 272 g/mol. The van der Waals surface area contributed by atoms with E-state index in [-0.39, 0.29) is 5.56 Å². The van der Waals surface area contributed by atoms with E-state index < -0.39 is 0 Å². The number of aryl methyl sites for hydroxylation is 1. The quantitative estimate of drug-likeness (QED) is 0.874. The summed E-state index contributed by atoms with van der Waals surface area (Å²) in [5.74, 6) is 0. The first-order valence-corrected chi connectivity index (χ1v) is 8.28. The van der Waals surface area contributed by atoms with Gasteiger partial charge in [-0.2, -0.15) is 0 Å². The highest BCUT2D eigenvalue weighted by atomic mass is 16.1. The molecular formula is C19H28N2O. The molecule has 0 amide bonds. The van der Waals surface area contributed by atoms with Gasteiger partial charge in [-0.3, -0.25) is 9.69 Å². The van der Waals surface area contributed by atoms with Gasteiger partial charge in [0.2, 0.25) is 0 Å². The molecule has 0 unspecified atom stereocenters. The molecule has 0 fully saturated rings. The summed E-state index contributed by atoms with van der Waals surface area (Å²) in [4.78, 5) is 17.7. The van der Waals surface area contributed by atoms with Gasteiger partial charge in [-0.15, -0.1) is 0 Å². The van der Waals surface area contributed by atoms with Gasteiger partial charge in [-0.1, -0.05) is 25.5 Å². The highest BCUT2D eigenvalue weighted by molar-refractivity contribution is 5.83. The molecule has 1 heterocycles. The fourth-order valence-corrected chi connectivity index (χ4v) is 2.78. The fraction of sp³-hybridized carbons (Fsp3) is 0.526. The molecule has 1 N–H and O–H groups in total. The van der Waals surface area contributed by atoms with Crippen LogP contribution in [0.3, 0.4) is 0 Å². The van der Waals surface area contributed by atoms with Crippen LogP contribution in [0.4, 0.5) is 0 Å². The Labute approximate surface area is 133 Å². The molecule has 0 radical (unpaired) electrons. The molecule has 2 aromatic rings. The third-order valence-corrected chi connectivity index (χ3v) is 4.56. The number of fused-ring (bicyclic) bond motifs is 1. The summed E-state index contributed by atoms with van der Waals surface area (Å²) in [6.07, 6.45) is 3.04. The number of nitrogens with zero attached hydrogens (tertiary/aromatic N) is 1. The Morgan fingerprint density at radius 1 is 1.27 bits per heavy atom. The van der Waals surface area contributed by atoms with E-state index in [1.165, 1.54) is 10.9 Å². The van der Waals surface area contributed by atoms with E-state index >= 15 is 0 Å². The van der Waals surface area contributed by atoms with Gasteiger partial charge < -0.3 is 4.98 Å². The van der Waals surface area contributed by atoms with E-state index in [9.17, 15) is 4.79 Å². The fourth-order valence-electron chi connectivity index (χ4n) is 2.78. The zero-order chi connectivity index (χ0) is 16.3. The predicted molar refractivity (Wildman–Crippen MR) is 94.5 cm³/mol. The van der Waals surface area contributed by atoms with Crippen LogP contribution in [0.15, 0.2) is 23.0 Å². The Balaban J connectivity index is 2.40. The summed E-state index contributed by atoms with van der Waals surface area (Å²) in [6.45, 7) is 9.50. The molecule has 0 saturated heterocycles. The monoisotopic (exact) mass is 300 g/mol. The molecule has 1 aromatic heterocycles. The summed E-state index contributed by atoms with van der Waals surface area (Å²) in [7, 11) is 2.12. The number of hydrogen-bond donors (Lipinski definition) is 1. The molecule has 0 aliphatic heterocycles. The average Bonchev–Trinajstić information content (AvgIpc) is 2.46. The summed E-state index contributed by atoms with van der Waals surface area (Å²) in [5, 5.41) is 1.17. The van der Waals surface area contributed by atoms with Gasteiger partial charge in [0.25, 0.3) is 5.56 Å². The summed E-state index contributed by atoms with van der Waals surface area (Å²) < 4.78 is 0. The van der Waals surface area contributed by atoms with E-state index in [4.69, 9.17) is 0 Å². The van der Waals surface area contributed by atoms with Crippen molar-refractivity contribution < 1.29 is 0 Å². The van der Waals surface area contributed by atoms with Crippen LogP contribution >= 0.6 is 0 Å². The lowest BCUT2D eigenvalue weighted by molar-refractivity contribution is 0.266. The zero-order valence-corrected chi connectivity index (χ0v) is 14.5. The van der Waals surface area contributed by atoms with E-state index in [2.05, 4.69) is 62.8 Å². The molecule has 1 aromatic carbocycles. The van der Waals surface area contributed by atoms with Gasteiger partial charge in [0.05, 0.1) is 0 Å². The molecule has 0 atom stereocenters. The molecule has 2 rings (SSSR count). The van der Waals surface area contributed by atoms with Crippen LogP contribution in [-0.4, -0.2) is 23.0 Å². The maximum Gasteiger partial charge on any atom is 0.251 e. The molecule has 0 saturated carbocycles. The summed E-state index contributed by atoms with van der Waals surface area (Å²) in [6, 6.07) is 6.95. The Morgan fingerprint density at radius 3 is 2.64 bits per heavy atom. The molecule has 0 spiro atoms. The van der Waals surface area contributed by atoms with Gasteiger partial charge in [0.15, 0.2) is 0 Å². The maximum absolute atomic E-state index is 12.3. The first-order valence-electron chi connectivity index (χ1n) is 8.28. The number of benzene rings is 1. The van der Waals surface area contributed by atoms with Crippen molar-refractivity contribution in [2.75, 3.05) is 7.05 Å². The summed E-state index contributed by atoms with van der Waals surface area (Å²) >= 11 is 0. The number of aromatic nitrogens is 1. The lowest BCUT2D eigenvalue weighted by Gasteiger charge is -2.21. The smallest absolute Gasteiger partial charge is 0.251 e. The molecule has 3 nitrogen and oxygen atoms in total. The first-order chi connectivity index (χ1) is 10.4. The maximum atomic E-state index is 12.3. The number of nitrogens with one attached hydrogen (secondary N) is 1. The van der Waals surface area contributed by atoms with Crippen LogP contribution < -0.4 is 5.56 Å². The second-order valence-electron chi connectivity index (χ2n) is 6.55. The number of pyridine rings is 1. The molecule has 22 heavy (non-hydrogen) atoms. The number of hydrogen-bond acceptors (Lipinski definition) is 2. The second-order valence-corrected chi connectivity index (χ2v) is 6.55. The minimum absolute atomic E-state index is 0.0767. The second kappa shape index (κ2) is 7.10. The Kier molecular flexibility index (Phi) is 5.41. The van der Waals surface area contributed by atoms with E-state index in [0.717, 1.165) is 42.5 Å². The minimum Gasteiger partial charge on any atom is -0.322 e. The summed E-state index contributed by atoms with van der Waals surface area (Å²) in [5.41, 5.74) is 4.35. The topological polar surface area (TPSA) is 36.1 Å². The highest BCUT2D eigenvalue weighted by Crippen LogP contribution is 2.21. The third-order valence-electron chi connectivity index (χ3n) is 4.56. The Hall–Kier alpha value is -1.61. The SMILES string of the molecule is CCCCc1c(C)c2ccc(CN(C)C(C)C)cc2[nH]c1=O. The van der Waals surface area contributed by atoms with E-state index in [1.54, 1.807) is 0 Å². The van der Waals surface area contributed by atoms with Crippen LogP contribution in [0.5, 0.6) is 0 Å². The molecule has 0 aliphatic rings. The van der Waals surface area contributed by atoms with E-state index in [0.29, 0.717) is 6.04 Å².